The highest BCUT2D eigenvalue weighted by Crippen LogP contribution is 2.54. The van der Waals surface area contributed by atoms with Crippen molar-refractivity contribution in [3.63, 3.8) is 0 Å². The number of amides is 1. The minimum atomic E-state index is -2.09. The number of ketones is 1. The maximum absolute atomic E-state index is 14.6. The van der Waals surface area contributed by atoms with E-state index in [-0.39, 0.29) is 39.1 Å². The van der Waals surface area contributed by atoms with Gasteiger partial charge < -0.3 is 54.3 Å². The van der Waals surface area contributed by atoms with Gasteiger partial charge in [0.1, 0.15) is 38.0 Å². The second kappa shape index (κ2) is 20.2. The van der Waals surface area contributed by atoms with Crippen molar-refractivity contribution in [1.82, 2.24) is 5.01 Å². The number of quaternary nitrogens is 1. The lowest BCUT2D eigenvalue weighted by atomic mass is 9.78. The fraction of sp³-hybridized carbons (Fsp3) is 0.551. The van der Waals surface area contributed by atoms with Crippen LogP contribution in [0.5, 0.6) is 23.0 Å². The third-order valence-electron chi connectivity index (χ3n) is 13.1. The van der Waals surface area contributed by atoms with Gasteiger partial charge in [-0.05, 0) is 25.5 Å². The second-order valence-corrected chi connectivity index (χ2v) is 24.3. The Labute approximate surface area is 389 Å². The van der Waals surface area contributed by atoms with Crippen molar-refractivity contribution in [2.75, 3.05) is 52.2 Å². The molecule has 1 saturated heterocycles. The number of phenols is 2. The molecule has 66 heavy (non-hydrogen) atoms. The minimum Gasteiger partial charge on any atom is -0.872 e. The summed E-state index contributed by atoms with van der Waals surface area (Å²) in [6, 6.07) is 0. The van der Waals surface area contributed by atoms with Gasteiger partial charge in [0, 0.05) is 61.0 Å². The van der Waals surface area contributed by atoms with E-state index in [0.717, 1.165) is 17.6 Å². The lowest BCUT2D eigenvalue weighted by Gasteiger charge is -2.39. The molecular formula is C49H68N4O12Si. The Morgan fingerprint density at radius 2 is 1.70 bits per heavy atom. The van der Waals surface area contributed by atoms with E-state index in [1.54, 1.807) is 44.9 Å². The summed E-state index contributed by atoms with van der Waals surface area (Å²) >= 11 is 0. The Kier molecular flexibility index (Phi) is 15.8. The molecule has 0 radical (unpaired) electrons. The molecule has 0 saturated carbocycles. The van der Waals surface area contributed by atoms with Crippen LogP contribution < -0.4 is 15.2 Å². The summed E-state index contributed by atoms with van der Waals surface area (Å²) in [7, 11) is 2.03. The smallest absolute Gasteiger partial charge is 0.312 e. The highest BCUT2D eigenvalue weighted by molar-refractivity contribution is 6.83. The maximum atomic E-state index is 14.6. The first-order valence-electron chi connectivity index (χ1n) is 22.4. The molecule has 6 rings (SSSR count). The van der Waals surface area contributed by atoms with Crippen molar-refractivity contribution in [3.05, 3.63) is 52.8 Å². The van der Waals surface area contributed by atoms with Gasteiger partial charge in [0.2, 0.25) is 0 Å². The van der Waals surface area contributed by atoms with Gasteiger partial charge in [0.15, 0.2) is 0 Å². The number of fused-ring (bicyclic) bond motifs is 14. The van der Waals surface area contributed by atoms with Gasteiger partial charge in [0.05, 0.1) is 80.8 Å². The SMILES string of the molecule is CO[C@H]1/C=C/O[C@@]2(C)Oc3c(C)c([O-])c4c(O)c(c(/C=N/N5CC[N+](C)(CC#C[Si](C)(C)C)CC5)c(O)c4c3C2=O)NC(=O)/C(C)=C\C=C\[C@H](C)C(O)C(C)C(O)[C@@H](C)[C@H](OC(C)=O)[C@@H]1C. The summed E-state index contributed by atoms with van der Waals surface area (Å²) in [6.45, 7) is 22.3. The number of allylic oxidation sites excluding steroid dienone is 2. The van der Waals surface area contributed by atoms with Gasteiger partial charge in [0.25, 0.3) is 11.7 Å². The number of Topliss-reactive ketones (excluding diaryl/α,β-unsaturated/α-hetero) is 1. The third kappa shape index (κ3) is 10.9. The predicted molar refractivity (Wildman–Crippen MR) is 253 cm³/mol. The number of aliphatic hydroxyl groups is 2. The van der Waals surface area contributed by atoms with E-state index in [0.29, 0.717) is 19.6 Å². The van der Waals surface area contributed by atoms with Crippen LogP contribution in [-0.4, -0.2) is 139 Å². The molecule has 0 spiro atoms. The number of nitrogens with zero attached hydrogens (tertiary/aromatic N) is 3. The number of carbonyl (C=O) groups is 3. The number of nitrogens with one attached hydrogen (secondary N) is 1. The Morgan fingerprint density at radius 3 is 2.30 bits per heavy atom. The Balaban J connectivity index is 1.66. The molecule has 4 heterocycles. The van der Waals surface area contributed by atoms with Crippen LogP contribution in [0.4, 0.5) is 5.69 Å². The summed E-state index contributed by atoms with van der Waals surface area (Å²) in [5, 5.41) is 69.9. The van der Waals surface area contributed by atoms with Crippen LogP contribution in [0.15, 0.2) is 41.2 Å². The molecule has 17 heteroatoms. The number of ether oxygens (including phenoxy) is 4. The molecule has 1 amide bonds. The number of rotatable bonds is 5. The zero-order chi connectivity index (χ0) is 49.2. The normalized spacial score (nSPS) is 30.5. The average Bonchev–Trinajstić information content (AvgIpc) is 3.51. The maximum Gasteiger partial charge on any atom is 0.312 e. The van der Waals surface area contributed by atoms with Crippen LogP contribution in [-0.2, 0) is 23.8 Å². The quantitative estimate of drug-likeness (QED) is 0.0502. The van der Waals surface area contributed by atoms with Crippen molar-refractivity contribution in [2.24, 2.45) is 28.8 Å². The van der Waals surface area contributed by atoms with Crippen molar-refractivity contribution in [1.29, 1.82) is 0 Å². The molecule has 4 aliphatic heterocycles. The lowest BCUT2D eigenvalue weighted by Crippen LogP contribution is -2.56. The van der Waals surface area contributed by atoms with E-state index in [1.807, 2.05) is 0 Å². The summed E-state index contributed by atoms with van der Waals surface area (Å²) in [6.07, 6.45) is 4.77. The standard InChI is InChI=1S/C49H68N4O12Si/c1-27-16-14-17-28(2)48(61)51-39-34(26-50-52-19-22-53(9,23-20-52)21-15-25-66(11,12)13)43(58)36-37(44(39)59)42(57)32(6)46-38(36)47(60)49(8,65-46)63-24-18-35(62-10)29(3)45(64-33(7)54)31(5)41(56)30(4)40(27)55/h14,16-18,24,26-27,29-31,35,40-41,45,55-56H,19-23H2,1-13H3,(H3-,50,51,57,58,59,60,61)/b16-14+,24-18+,28-17-/t27-,29+,30?,31+,35-,40?,41?,45+,49-/m0/s1. The molecule has 9 atom stereocenters. The highest BCUT2D eigenvalue weighted by atomic mass is 28.3. The van der Waals surface area contributed by atoms with Crippen molar-refractivity contribution >= 4 is 48.4 Å². The van der Waals surface area contributed by atoms with E-state index in [2.05, 4.69) is 48.6 Å². The molecule has 0 aliphatic carbocycles. The number of methoxy groups -OCH3 is 1. The van der Waals surface area contributed by atoms with Gasteiger partial charge in [-0.3, -0.25) is 19.4 Å². The van der Waals surface area contributed by atoms with Crippen LogP contribution in [0.2, 0.25) is 19.6 Å². The van der Waals surface area contributed by atoms with Crippen LogP contribution in [0.25, 0.3) is 10.8 Å². The number of aliphatic hydroxyl groups excluding tert-OH is 2. The summed E-state index contributed by atoms with van der Waals surface area (Å²) < 4.78 is 24.4. The Morgan fingerprint density at radius 1 is 1.05 bits per heavy atom. The lowest BCUT2D eigenvalue weighted by molar-refractivity contribution is -0.906. The molecular weight excluding hydrogens is 865 g/mol. The van der Waals surface area contributed by atoms with Gasteiger partial charge in [-0.15, -0.1) is 5.54 Å². The van der Waals surface area contributed by atoms with Crippen LogP contribution in [0, 0.1) is 42.1 Å². The first-order chi connectivity index (χ1) is 30.8. The second-order valence-electron chi connectivity index (χ2n) is 19.6. The third-order valence-corrected chi connectivity index (χ3v) is 14.0. The summed E-state index contributed by atoms with van der Waals surface area (Å²) in [5.41, 5.74) is 2.83. The minimum absolute atomic E-state index is 0.0583. The zero-order valence-corrected chi connectivity index (χ0v) is 41.5. The molecule has 4 aliphatic rings. The molecule has 5 N–H and O–H groups in total. The number of phenolic OH excluding ortho intramolecular Hbond substituents is 2. The molecule has 5 bridgehead atoms. The number of benzene rings is 2. The van der Waals surface area contributed by atoms with E-state index in [4.69, 9.17) is 18.9 Å². The van der Waals surface area contributed by atoms with E-state index in [1.165, 1.54) is 59.4 Å². The zero-order valence-electron chi connectivity index (χ0n) is 40.5. The fourth-order valence-corrected chi connectivity index (χ4v) is 9.31. The summed E-state index contributed by atoms with van der Waals surface area (Å²) in [4.78, 5) is 40.9. The first kappa shape index (κ1) is 51.6. The van der Waals surface area contributed by atoms with Crippen LogP contribution in [0.3, 0.4) is 0 Å². The van der Waals surface area contributed by atoms with Crippen LogP contribution in [0.1, 0.15) is 70.0 Å². The number of carbonyl (C=O) groups excluding carboxylic acids is 3. The molecule has 3 unspecified atom stereocenters. The molecule has 16 nitrogen and oxygen atoms in total. The van der Waals surface area contributed by atoms with E-state index >= 15 is 0 Å². The molecule has 360 valence electrons. The van der Waals surface area contributed by atoms with Gasteiger partial charge >= 0.3 is 11.8 Å². The average molecular weight is 933 g/mol. The number of hydrogen-bond donors (Lipinski definition) is 5. The van der Waals surface area contributed by atoms with Gasteiger partial charge in [-0.2, -0.15) is 5.10 Å². The molecule has 2 aromatic carbocycles. The first-order valence-corrected chi connectivity index (χ1v) is 25.9. The highest BCUT2D eigenvalue weighted by Gasteiger charge is 2.49. The fourth-order valence-electron chi connectivity index (χ4n) is 8.70. The molecule has 2 aromatic rings. The number of piperazine rings is 1. The van der Waals surface area contributed by atoms with E-state index in [9.17, 15) is 39.9 Å². The number of likely N-dealkylation sites (N-methyl/N-ethyl adjacent to an activating group) is 1. The molecule has 0 aromatic heterocycles. The van der Waals surface area contributed by atoms with Gasteiger partial charge in [-0.25, -0.2) is 0 Å². The largest absolute Gasteiger partial charge is 0.872 e. The predicted octanol–water partition coefficient (Wildman–Crippen LogP) is 5.10. The summed E-state index contributed by atoms with van der Waals surface area (Å²) in [5.74, 6) is -5.56. The number of esters is 1. The van der Waals surface area contributed by atoms with Crippen molar-refractivity contribution < 1.29 is 63.3 Å². The van der Waals surface area contributed by atoms with Crippen molar-refractivity contribution in [3.8, 4) is 34.5 Å². The van der Waals surface area contributed by atoms with Gasteiger partial charge in [-0.1, -0.05) is 77.2 Å². The van der Waals surface area contributed by atoms with Crippen molar-refractivity contribution in [2.45, 2.75) is 105 Å². The Bertz CT molecular complexity index is 2390. The van der Waals surface area contributed by atoms with Crippen LogP contribution >= 0.6 is 0 Å². The topological polar surface area (TPSA) is 220 Å². The number of hydrogen-bond acceptors (Lipinski definition) is 14. The Hall–Kier alpha value is -5.38. The number of aromatic hydroxyl groups is 2. The number of hydrazone groups is 1. The van der Waals surface area contributed by atoms with E-state index < -0.39 is 102 Å². The number of anilines is 1. The monoisotopic (exact) mass is 932 g/mol. The molecule has 1 fully saturated rings.